The van der Waals surface area contributed by atoms with Crippen molar-refractivity contribution in [2.24, 2.45) is 17.3 Å². The number of amides is 1. The zero-order chi connectivity index (χ0) is 18.8. The van der Waals surface area contributed by atoms with Crippen molar-refractivity contribution in [3.8, 4) is 11.6 Å². The summed E-state index contributed by atoms with van der Waals surface area (Å²) in [6.45, 7) is 1.54. The van der Waals surface area contributed by atoms with Gasteiger partial charge in [0.1, 0.15) is 5.75 Å². The molecule has 8 heteroatoms. The first-order valence-corrected chi connectivity index (χ1v) is 8.47. The minimum atomic E-state index is -0.908. The van der Waals surface area contributed by atoms with Gasteiger partial charge in [0.05, 0.1) is 10.5 Å². The summed E-state index contributed by atoms with van der Waals surface area (Å²) >= 11 is 11.9. The molecule has 26 heavy (non-hydrogen) atoms. The number of ether oxygens (including phenoxy) is 1. The van der Waals surface area contributed by atoms with Crippen molar-refractivity contribution in [1.29, 1.82) is 0 Å². The van der Waals surface area contributed by atoms with Crippen LogP contribution in [0.4, 0.5) is 5.69 Å². The van der Waals surface area contributed by atoms with Crippen LogP contribution < -0.4 is 4.74 Å². The zero-order valence-corrected chi connectivity index (χ0v) is 15.5. The molecule has 0 aliphatic carbocycles. The molecule has 0 spiro atoms. The number of nitrogens with zero attached hydrogens (tertiary/aromatic N) is 3. The van der Waals surface area contributed by atoms with Gasteiger partial charge in [-0.25, -0.2) is 0 Å². The summed E-state index contributed by atoms with van der Waals surface area (Å²) in [7, 11) is 1.70. The quantitative estimate of drug-likeness (QED) is 0.615. The van der Waals surface area contributed by atoms with Gasteiger partial charge in [-0.15, -0.1) is 10.2 Å². The van der Waals surface area contributed by atoms with Gasteiger partial charge in [-0.3, -0.25) is 4.79 Å². The number of hydrogen-bond donors (Lipinski definition) is 1. The third kappa shape index (κ3) is 3.52. The molecule has 0 aliphatic heterocycles. The number of aromatic nitrogens is 1. The Balaban J connectivity index is 1.80. The topological polar surface area (TPSA) is 76.2 Å². The van der Waals surface area contributed by atoms with E-state index in [9.17, 15) is 9.90 Å². The molecule has 0 saturated carbocycles. The van der Waals surface area contributed by atoms with E-state index in [0.29, 0.717) is 21.2 Å². The number of fused-ring (bicyclic) bond motifs is 1. The van der Waals surface area contributed by atoms with Crippen molar-refractivity contribution in [1.82, 2.24) is 4.57 Å². The molecule has 2 aromatic carbocycles. The van der Waals surface area contributed by atoms with E-state index >= 15 is 0 Å². The third-order valence-electron chi connectivity index (χ3n) is 3.84. The molecule has 1 atom stereocenters. The van der Waals surface area contributed by atoms with Gasteiger partial charge in [0, 0.05) is 17.5 Å². The van der Waals surface area contributed by atoms with E-state index in [4.69, 9.17) is 27.9 Å². The Hall–Kier alpha value is -2.57. The van der Waals surface area contributed by atoms with Gasteiger partial charge in [-0.1, -0.05) is 41.4 Å². The lowest BCUT2D eigenvalue weighted by Gasteiger charge is -2.12. The van der Waals surface area contributed by atoms with Crippen LogP contribution in [0.15, 0.2) is 52.7 Å². The van der Waals surface area contributed by atoms with E-state index < -0.39 is 12.0 Å². The van der Waals surface area contributed by atoms with E-state index in [0.717, 1.165) is 5.52 Å². The van der Waals surface area contributed by atoms with E-state index in [2.05, 4.69) is 10.2 Å². The highest BCUT2D eigenvalue weighted by Crippen LogP contribution is 2.37. The number of carbonyl (C=O) groups excluding carboxylic acids is 1. The van der Waals surface area contributed by atoms with Crippen molar-refractivity contribution in [2.75, 3.05) is 0 Å². The Labute approximate surface area is 159 Å². The molecule has 3 aromatic rings. The van der Waals surface area contributed by atoms with Gasteiger partial charge in [-0.05, 0) is 31.2 Å². The second-order valence-electron chi connectivity index (χ2n) is 5.62. The Morgan fingerprint density at radius 1 is 1.23 bits per heavy atom. The molecule has 0 aliphatic rings. The van der Waals surface area contributed by atoms with Crippen LogP contribution in [0.2, 0.25) is 10.0 Å². The lowest BCUT2D eigenvalue weighted by Crippen LogP contribution is -2.21. The van der Waals surface area contributed by atoms with E-state index in [1.807, 2.05) is 18.2 Å². The first-order valence-electron chi connectivity index (χ1n) is 7.72. The monoisotopic (exact) mass is 391 g/mol. The van der Waals surface area contributed by atoms with Crippen molar-refractivity contribution in [2.45, 2.75) is 13.0 Å². The minimum absolute atomic E-state index is 0.0722. The molecule has 1 N–H and O–H groups in total. The number of azo groups is 1. The fraction of sp³-hybridized carbons (Fsp3) is 0.167. The van der Waals surface area contributed by atoms with Gasteiger partial charge >= 0.3 is 5.91 Å². The van der Waals surface area contributed by atoms with Crippen LogP contribution in [0.3, 0.4) is 0 Å². The van der Waals surface area contributed by atoms with E-state index in [1.165, 1.54) is 13.0 Å². The van der Waals surface area contributed by atoms with Gasteiger partial charge in [0.15, 0.2) is 11.8 Å². The number of hydrogen-bond acceptors (Lipinski definition) is 4. The van der Waals surface area contributed by atoms with Crippen LogP contribution in [0, 0.1) is 0 Å². The lowest BCUT2D eigenvalue weighted by molar-refractivity contribution is -0.124. The van der Waals surface area contributed by atoms with E-state index in [1.54, 1.807) is 29.8 Å². The highest BCUT2D eigenvalue weighted by molar-refractivity contribution is 6.35. The number of para-hydroxylation sites is 1. The molecule has 0 fully saturated rings. The molecule has 0 bridgehead atoms. The summed E-state index contributed by atoms with van der Waals surface area (Å²) in [6.07, 6.45) is -0.908. The average Bonchev–Trinajstić information content (AvgIpc) is 2.86. The van der Waals surface area contributed by atoms with Gasteiger partial charge in [-0.2, -0.15) is 0 Å². The second kappa shape index (κ2) is 7.35. The maximum atomic E-state index is 12.2. The Kier molecular flexibility index (Phi) is 5.15. The molecule has 6 nitrogen and oxygen atoms in total. The molecule has 1 heterocycles. The van der Waals surface area contributed by atoms with Gasteiger partial charge in [0.2, 0.25) is 5.88 Å². The van der Waals surface area contributed by atoms with Crippen LogP contribution in [0.5, 0.6) is 11.6 Å². The second-order valence-corrected chi connectivity index (χ2v) is 6.47. The predicted molar refractivity (Wildman–Crippen MR) is 101 cm³/mol. The molecule has 134 valence electrons. The fourth-order valence-corrected chi connectivity index (χ4v) is 2.90. The molecule has 1 unspecified atom stereocenters. The summed E-state index contributed by atoms with van der Waals surface area (Å²) in [4.78, 5) is 12.2. The number of benzene rings is 2. The Morgan fingerprint density at radius 2 is 1.96 bits per heavy atom. The largest absolute Gasteiger partial charge is 0.493 e. The highest BCUT2D eigenvalue weighted by atomic mass is 35.5. The van der Waals surface area contributed by atoms with Crippen molar-refractivity contribution >= 4 is 45.7 Å². The summed E-state index contributed by atoms with van der Waals surface area (Å²) < 4.78 is 7.08. The number of halogens is 2. The van der Waals surface area contributed by atoms with E-state index in [-0.39, 0.29) is 11.6 Å². The average molecular weight is 392 g/mol. The first kappa shape index (κ1) is 18.2. The van der Waals surface area contributed by atoms with Gasteiger partial charge in [0.25, 0.3) is 0 Å². The summed E-state index contributed by atoms with van der Waals surface area (Å²) in [5.74, 6) is -0.361. The fourth-order valence-electron chi connectivity index (χ4n) is 2.45. The van der Waals surface area contributed by atoms with Crippen molar-refractivity contribution in [3.63, 3.8) is 0 Å². The molecule has 1 amide bonds. The lowest BCUT2D eigenvalue weighted by atomic mass is 10.2. The maximum absolute atomic E-state index is 12.2. The van der Waals surface area contributed by atoms with Crippen LogP contribution >= 0.6 is 23.2 Å². The molecular weight excluding hydrogens is 377 g/mol. The minimum Gasteiger partial charge on any atom is -0.493 e. The predicted octanol–water partition coefficient (Wildman–Crippen LogP) is 5.27. The number of rotatable bonds is 4. The number of aryl methyl sites for hydroxylation is 1. The summed E-state index contributed by atoms with van der Waals surface area (Å²) in [6, 6.07) is 12.0. The summed E-state index contributed by atoms with van der Waals surface area (Å²) in [5.41, 5.74) is 1.01. The maximum Gasteiger partial charge on any atom is 0.304 e. The zero-order valence-electron chi connectivity index (χ0n) is 14.0. The third-order valence-corrected chi connectivity index (χ3v) is 4.37. The standard InChI is InChI=1S/C18H15Cl2N3O3/c1-10(26-15-8-7-11(19)9-13(15)20)17(24)22-21-16-12-5-3-4-6-14(12)23(2)18(16)25/h3-10,25H,1-2H3. The molecule has 1 aromatic heterocycles. The number of carbonyl (C=O) groups is 1. The SMILES string of the molecule is CC(Oc1ccc(Cl)cc1Cl)C(=O)N=Nc1c(O)n(C)c2ccccc12. The first-order chi connectivity index (χ1) is 12.4. The smallest absolute Gasteiger partial charge is 0.304 e. The Morgan fingerprint density at radius 3 is 2.69 bits per heavy atom. The van der Waals surface area contributed by atoms with Crippen LogP contribution in [0.1, 0.15) is 6.92 Å². The van der Waals surface area contributed by atoms with Crippen LogP contribution in [-0.4, -0.2) is 21.7 Å². The highest BCUT2D eigenvalue weighted by Gasteiger charge is 2.18. The normalized spacial score (nSPS) is 12.6. The van der Waals surface area contributed by atoms with Crippen LogP contribution in [0.25, 0.3) is 10.9 Å². The van der Waals surface area contributed by atoms with Crippen molar-refractivity contribution < 1.29 is 14.6 Å². The molecule has 0 saturated heterocycles. The number of aromatic hydroxyl groups is 1. The van der Waals surface area contributed by atoms with Gasteiger partial charge < -0.3 is 14.4 Å². The molecule has 0 radical (unpaired) electrons. The van der Waals surface area contributed by atoms with Crippen LogP contribution in [-0.2, 0) is 11.8 Å². The van der Waals surface area contributed by atoms with Crippen molar-refractivity contribution in [3.05, 3.63) is 52.5 Å². The molecular formula is C18H15Cl2N3O3. The Bertz CT molecular complexity index is 1010. The summed E-state index contributed by atoms with van der Waals surface area (Å²) in [5, 5.41) is 19.3. The molecule has 3 rings (SSSR count).